The Balaban J connectivity index is 0.000000118. The summed E-state index contributed by atoms with van der Waals surface area (Å²) in [6.07, 6.45) is 4.81. The van der Waals surface area contributed by atoms with Crippen molar-refractivity contribution in [3.63, 3.8) is 0 Å². The first-order chi connectivity index (χ1) is 24.2. The summed E-state index contributed by atoms with van der Waals surface area (Å²) in [6, 6.07) is 40.7. The highest BCUT2D eigenvalue weighted by atomic mass is 16.7. The highest BCUT2D eigenvalue weighted by molar-refractivity contribution is 5.86. The summed E-state index contributed by atoms with van der Waals surface area (Å²) >= 11 is 0. The van der Waals surface area contributed by atoms with Crippen LogP contribution in [0, 0.1) is 6.92 Å². The molecule has 0 atom stereocenters. The molecule has 0 bridgehead atoms. The van der Waals surface area contributed by atoms with Crippen LogP contribution < -0.4 is 18.9 Å². The summed E-state index contributed by atoms with van der Waals surface area (Å²) in [7, 11) is 0. The van der Waals surface area contributed by atoms with Crippen molar-refractivity contribution >= 4 is 21.5 Å². The van der Waals surface area contributed by atoms with Gasteiger partial charge < -0.3 is 27.8 Å². The van der Waals surface area contributed by atoms with Gasteiger partial charge in [0, 0.05) is 16.7 Å². The van der Waals surface area contributed by atoms with Crippen LogP contribution >= 0.6 is 0 Å². The van der Waals surface area contributed by atoms with E-state index < -0.39 is 0 Å². The van der Waals surface area contributed by atoms with Crippen LogP contribution in [0.15, 0.2) is 149 Å². The number of benzene rings is 6. The molecule has 6 aromatic carbocycles. The summed E-state index contributed by atoms with van der Waals surface area (Å²) in [5, 5.41) is 5.01. The molecule has 0 unspecified atom stereocenters. The van der Waals surface area contributed by atoms with Crippen LogP contribution in [0.3, 0.4) is 0 Å². The molecule has 10 rings (SSSR count). The Kier molecular flexibility index (Phi) is 8.09. The minimum absolute atomic E-state index is 0.261. The van der Waals surface area contributed by atoms with E-state index in [0.29, 0.717) is 11.7 Å². The van der Waals surface area contributed by atoms with Crippen molar-refractivity contribution in [2.24, 2.45) is 0 Å². The molecule has 2 aliphatic rings. The fraction of sp³-hybridized carbons (Fsp3) is 0.0732. The maximum Gasteiger partial charge on any atom is 0.231 e. The van der Waals surface area contributed by atoms with Crippen molar-refractivity contribution in [1.29, 1.82) is 0 Å². The molecule has 0 saturated carbocycles. The highest BCUT2D eigenvalue weighted by Gasteiger charge is 2.17. The second kappa shape index (κ2) is 13.3. The minimum Gasteiger partial charge on any atom is -0.454 e. The second-order valence-electron chi connectivity index (χ2n) is 11.4. The van der Waals surface area contributed by atoms with E-state index in [1.807, 2.05) is 54.6 Å². The van der Waals surface area contributed by atoms with Gasteiger partial charge in [-0.05, 0) is 77.0 Å². The zero-order valence-electron chi connectivity index (χ0n) is 26.5. The van der Waals surface area contributed by atoms with Gasteiger partial charge in [-0.1, -0.05) is 78.4 Å². The number of aromatic nitrogens is 2. The SMILES string of the molecule is Cc1ccc2ccccc2c1.c1ccc2cc(-c3ncc(-c4ccc5c(c4)OCO5)o3)ccc2c1.c1ncc(-c2ccc3c(c2)OCO3)o1. The fourth-order valence-electron chi connectivity index (χ4n) is 5.63. The summed E-state index contributed by atoms with van der Waals surface area (Å²) in [6.45, 7) is 2.67. The maximum atomic E-state index is 5.96. The fourth-order valence-corrected chi connectivity index (χ4v) is 5.63. The summed E-state index contributed by atoms with van der Waals surface area (Å²) in [5.41, 5.74) is 4.13. The number of hydrogen-bond acceptors (Lipinski definition) is 8. The Morgan fingerprint density at radius 3 is 1.71 bits per heavy atom. The maximum absolute atomic E-state index is 5.96. The number of fused-ring (bicyclic) bond motifs is 4. The standard InChI is InChI=1S/C20H13NO3.C11H10.C10H7NO3/c1-2-4-14-9-16(6-5-13(14)3-1)20-21-11-19(24-20)15-7-8-17-18(10-15)23-12-22-17;1-9-6-7-10-4-2-3-5-11(10)8-9;1-2-8-9(14-6-13-8)3-7(1)10-4-11-5-12-10/h1-11H,12H2;2-8H,1H3;1-5H,6H2. The topological polar surface area (TPSA) is 89.0 Å². The number of hydrogen-bond donors (Lipinski definition) is 0. The molecular weight excluding hydrogens is 616 g/mol. The average Bonchev–Trinajstić information content (AvgIpc) is 3.99. The van der Waals surface area contributed by atoms with Crippen LogP contribution in [0.25, 0.3) is 55.6 Å². The molecule has 240 valence electrons. The first-order valence-corrected chi connectivity index (χ1v) is 15.8. The third-order valence-electron chi connectivity index (χ3n) is 8.15. The van der Waals surface area contributed by atoms with Crippen molar-refractivity contribution in [2.45, 2.75) is 6.92 Å². The Hall–Kier alpha value is -6.54. The lowest BCUT2D eigenvalue weighted by Gasteiger charge is -2.01. The van der Waals surface area contributed by atoms with E-state index in [-0.39, 0.29) is 13.6 Å². The average molecular weight is 647 g/mol. The van der Waals surface area contributed by atoms with Gasteiger partial charge in [-0.25, -0.2) is 9.97 Å². The third kappa shape index (κ3) is 6.53. The van der Waals surface area contributed by atoms with Crippen molar-refractivity contribution in [1.82, 2.24) is 9.97 Å². The molecule has 0 N–H and O–H groups in total. The lowest BCUT2D eigenvalue weighted by molar-refractivity contribution is 0.173. The molecule has 0 amide bonds. The molecule has 0 spiro atoms. The zero-order valence-corrected chi connectivity index (χ0v) is 26.5. The first-order valence-electron chi connectivity index (χ1n) is 15.8. The number of oxazole rings is 2. The summed E-state index contributed by atoms with van der Waals surface area (Å²) in [4.78, 5) is 8.28. The largest absolute Gasteiger partial charge is 0.454 e. The van der Waals surface area contributed by atoms with Crippen molar-refractivity contribution in [2.75, 3.05) is 13.6 Å². The van der Waals surface area contributed by atoms with E-state index >= 15 is 0 Å². The van der Waals surface area contributed by atoms with Gasteiger partial charge >= 0.3 is 0 Å². The van der Waals surface area contributed by atoms with E-state index in [2.05, 4.69) is 83.6 Å². The van der Waals surface area contributed by atoms with E-state index in [1.54, 1.807) is 12.4 Å². The van der Waals surface area contributed by atoms with Crippen molar-refractivity contribution < 1.29 is 27.8 Å². The van der Waals surface area contributed by atoms with Gasteiger partial charge in [0.2, 0.25) is 19.5 Å². The quantitative estimate of drug-likeness (QED) is 0.187. The van der Waals surface area contributed by atoms with Gasteiger partial charge in [-0.3, -0.25) is 0 Å². The number of aryl methyl sites for hydroxylation is 1. The predicted octanol–water partition coefficient (Wildman–Crippen LogP) is 10.1. The van der Waals surface area contributed by atoms with E-state index in [9.17, 15) is 0 Å². The van der Waals surface area contributed by atoms with Crippen LogP contribution in [0.1, 0.15) is 5.56 Å². The normalized spacial score (nSPS) is 12.3. The van der Waals surface area contributed by atoms with Crippen LogP contribution in [0.5, 0.6) is 23.0 Å². The predicted molar refractivity (Wildman–Crippen MR) is 188 cm³/mol. The van der Waals surface area contributed by atoms with Crippen molar-refractivity contribution in [3.05, 3.63) is 146 Å². The third-order valence-corrected chi connectivity index (χ3v) is 8.15. The molecule has 0 radical (unpaired) electrons. The molecule has 8 heteroatoms. The molecule has 0 fully saturated rings. The van der Waals surface area contributed by atoms with Gasteiger partial charge in [-0.2, -0.15) is 0 Å². The number of ether oxygens (including phenoxy) is 4. The molecule has 2 aliphatic heterocycles. The Bertz CT molecular complexity index is 2380. The molecule has 49 heavy (non-hydrogen) atoms. The molecule has 4 heterocycles. The second-order valence-corrected chi connectivity index (χ2v) is 11.4. The zero-order chi connectivity index (χ0) is 33.0. The summed E-state index contributed by atoms with van der Waals surface area (Å²) in [5.74, 6) is 5.05. The van der Waals surface area contributed by atoms with E-state index in [4.69, 9.17) is 27.8 Å². The molecule has 0 saturated heterocycles. The van der Waals surface area contributed by atoms with Crippen LogP contribution in [0.2, 0.25) is 0 Å². The van der Waals surface area contributed by atoms with Gasteiger partial charge in [0.15, 0.2) is 40.9 Å². The monoisotopic (exact) mass is 646 g/mol. The van der Waals surface area contributed by atoms with Crippen molar-refractivity contribution in [3.8, 4) is 57.1 Å². The number of rotatable bonds is 3. The molecular formula is C41H30N2O6. The van der Waals surface area contributed by atoms with Gasteiger partial charge in [0.25, 0.3) is 0 Å². The van der Waals surface area contributed by atoms with Gasteiger partial charge in [0.1, 0.15) is 0 Å². The van der Waals surface area contributed by atoms with Crippen LogP contribution in [0.4, 0.5) is 0 Å². The Morgan fingerprint density at radius 2 is 1.06 bits per heavy atom. The van der Waals surface area contributed by atoms with Gasteiger partial charge in [-0.15, -0.1) is 0 Å². The molecule has 0 aliphatic carbocycles. The first kappa shape index (κ1) is 29.8. The highest BCUT2D eigenvalue weighted by Crippen LogP contribution is 2.37. The lowest BCUT2D eigenvalue weighted by atomic mass is 10.1. The Morgan fingerprint density at radius 1 is 0.490 bits per heavy atom. The van der Waals surface area contributed by atoms with E-state index in [1.165, 1.54) is 28.1 Å². The summed E-state index contributed by atoms with van der Waals surface area (Å²) < 4.78 is 32.3. The van der Waals surface area contributed by atoms with E-state index in [0.717, 1.165) is 50.8 Å². The molecule has 8 aromatic rings. The minimum atomic E-state index is 0.261. The lowest BCUT2D eigenvalue weighted by Crippen LogP contribution is -1.92. The van der Waals surface area contributed by atoms with Crippen LogP contribution in [-0.4, -0.2) is 23.6 Å². The number of nitrogens with zero attached hydrogens (tertiary/aromatic N) is 2. The Labute approximate surface area is 282 Å². The van der Waals surface area contributed by atoms with Crippen LogP contribution in [-0.2, 0) is 0 Å². The molecule has 8 nitrogen and oxygen atoms in total. The smallest absolute Gasteiger partial charge is 0.231 e. The van der Waals surface area contributed by atoms with Gasteiger partial charge in [0.05, 0.1) is 12.4 Å². The molecule has 2 aromatic heterocycles.